The quantitative estimate of drug-likeness (QED) is 0.590. The van der Waals surface area contributed by atoms with Crippen LogP contribution in [0.15, 0.2) is 23.2 Å². The van der Waals surface area contributed by atoms with Gasteiger partial charge in [0.1, 0.15) is 0 Å². The lowest BCUT2D eigenvalue weighted by Gasteiger charge is -2.22. The van der Waals surface area contributed by atoms with E-state index in [4.69, 9.17) is 5.73 Å². The fourth-order valence-corrected chi connectivity index (χ4v) is 3.31. The SMILES string of the molecule is CC1(CN=C(N)Nc2cccc3c2CCCC3)CCC(=O)N1. The number of carbonyl (C=O) groups excluding carboxylic acids is 1. The zero-order chi connectivity index (χ0) is 15.6. The second-order valence-electron chi connectivity index (χ2n) is 6.59. The molecular weight excluding hydrogens is 276 g/mol. The van der Waals surface area contributed by atoms with Crippen LogP contribution in [0.2, 0.25) is 0 Å². The van der Waals surface area contributed by atoms with Crippen LogP contribution in [0.3, 0.4) is 0 Å². The first kappa shape index (κ1) is 14.9. The maximum absolute atomic E-state index is 11.3. The summed E-state index contributed by atoms with van der Waals surface area (Å²) in [6, 6.07) is 6.33. The molecule has 1 saturated heterocycles. The average Bonchev–Trinajstić information content (AvgIpc) is 2.86. The lowest BCUT2D eigenvalue weighted by atomic mass is 9.90. The van der Waals surface area contributed by atoms with E-state index < -0.39 is 0 Å². The van der Waals surface area contributed by atoms with Crippen molar-refractivity contribution in [1.82, 2.24) is 5.32 Å². The summed E-state index contributed by atoms with van der Waals surface area (Å²) in [5.41, 5.74) is 9.62. The largest absolute Gasteiger partial charge is 0.370 e. The normalized spacial score (nSPS) is 24.8. The number of aryl methyl sites for hydroxylation is 1. The third-order valence-corrected chi connectivity index (χ3v) is 4.60. The number of benzene rings is 1. The summed E-state index contributed by atoms with van der Waals surface area (Å²) in [5, 5.41) is 6.21. The molecule has 1 fully saturated rings. The first-order valence-electron chi connectivity index (χ1n) is 8.04. The van der Waals surface area contributed by atoms with Gasteiger partial charge in [0.25, 0.3) is 0 Å². The molecule has 1 aromatic carbocycles. The Kier molecular flexibility index (Phi) is 4.05. The van der Waals surface area contributed by atoms with Crippen LogP contribution in [0, 0.1) is 0 Å². The number of amides is 1. The Hall–Kier alpha value is -2.04. The zero-order valence-corrected chi connectivity index (χ0v) is 13.1. The van der Waals surface area contributed by atoms with Gasteiger partial charge in [-0.3, -0.25) is 9.79 Å². The van der Waals surface area contributed by atoms with E-state index in [9.17, 15) is 4.79 Å². The van der Waals surface area contributed by atoms with Gasteiger partial charge in [-0.2, -0.15) is 0 Å². The summed E-state index contributed by atoms with van der Waals surface area (Å²) >= 11 is 0. The molecule has 0 radical (unpaired) electrons. The van der Waals surface area contributed by atoms with Gasteiger partial charge in [-0.05, 0) is 56.2 Å². The second-order valence-corrected chi connectivity index (χ2v) is 6.59. The Morgan fingerprint density at radius 2 is 2.18 bits per heavy atom. The van der Waals surface area contributed by atoms with Crippen molar-refractivity contribution in [1.29, 1.82) is 0 Å². The third-order valence-electron chi connectivity index (χ3n) is 4.60. The number of nitrogens with one attached hydrogen (secondary N) is 2. The van der Waals surface area contributed by atoms with Crippen molar-refractivity contribution >= 4 is 17.6 Å². The predicted molar refractivity (Wildman–Crippen MR) is 89.0 cm³/mol. The topological polar surface area (TPSA) is 79.5 Å². The van der Waals surface area contributed by atoms with Gasteiger partial charge in [-0.25, -0.2) is 0 Å². The molecule has 1 amide bonds. The standard InChI is InChI=1S/C17H24N4O/c1-17(10-9-15(22)21-17)11-19-16(18)20-14-8-4-6-12-5-2-3-7-13(12)14/h4,6,8H,2-3,5,7,9-11H2,1H3,(H,21,22)(H3,18,19,20). The van der Waals surface area contributed by atoms with Crippen LogP contribution in [0.5, 0.6) is 0 Å². The summed E-state index contributed by atoms with van der Waals surface area (Å²) in [6.07, 6.45) is 6.12. The highest BCUT2D eigenvalue weighted by atomic mass is 16.2. The smallest absolute Gasteiger partial charge is 0.220 e. The van der Waals surface area contributed by atoms with Gasteiger partial charge in [0.2, 0.25) is 5.91 Å². The Morgan fingerprint density at radius 3 is 2.95 bits per heavy atom. The number of nitrogens with zero attached hydrogens (tertiary/aromatic N) is 1. The number of anilines is 1. The predicted octanol–water partition coefficient (Wildman–Crippen LogP) is 1.96. The highest BCUT2D eigenvalue weighted by molar-refractivity contribution is 5.93. The molecule has 118 valence electrons. The van der Waals surface area contributed by atoms with E-state index >= 15 is 0 Å². The van der Waals surface area contributed by atoms with Crippen molar-refractivity contribution in [2.24, 2.45) is 10.7 Å². The summed E-state index contributed by atoms with van der Waals surface area (Å²) in [6.45, 7) is 2.52. The van der Waals surface area contributed by atoms with Crippen molar-refractivity contribution in [3.05, 3.63) is 29.3 Å². The number of guanidine groups is 1. The maximum atomic E-state index is 11.3. The number of fused-ring (bicyclic) bond motifs is 1. The van der Waals surface area contributed by atoms with E-state index in [1.165, 1.54) is 24.0 Å². The van der Waals surface area contributed by atoms with Crippen LogP contribution in [0.1, 0.15) is 43.7 Å². The first-order chi connectivity index (χ1) is 10.6. The molecule has 0 bridgehead atoms. The molecule has 4 N–H and O–H groups in total. The Balaban J connectivity index is 1.68. The summed E-state index contributed by atoms with van der Waals surface area (Å²) in [4.78, 5) is 15.8. The summed E-state index contributed by atoms with van der Waals surface area (Å²) in [7, 11) is 0. The van der Waals surface area contributed by atoms with Gasteiger partial charge in [0.15, 0.2) is 5.96 Å². The molecule has 3 rings (SSSR count). The lowest BCUT2D eigenvalue weighted by molar-refractivity contribution is -0.119. The van der Waals surface area contributed by atoms with E-state index in [1.54, 1.807) is 0 Å². The fourth-order valence-electron chi connectivity index (χ4n) is 3.31. The van der Waals surface area contributed by atoms with Crippen molar-refractivity contribution in [3.8, 4) is 0 Å². The van der Waals surface area contributed by atoms with Crippen LogP contribution < -0.4 is 16.4 Å². The number of hydrogen-bond donors (Lipinski definition) is 3. The Bertz CT molecular complexity index is 611. The monoisotopic (exact) mass is 300 g/mol. The number of hydrogen-bond acceptors (Lipinski definition) is 2. The average molecular weight is 300 g/mol. The highest BCUT2D eigenvalue weighted by Crippen LogP contribution is 2.27. The van der Waals surface area contributed by atoms with Crippen molar-refractivity contribution in [2.45, 2.75) is 51.0 Å². The van der Waals surface area contributed by atoms with Gasteiger partial charge in [-0.15, -0.1) is 0 Å². The highest BCUT2D eigenvalue weighted by Gasteiger charge is 2.32. The van der Waals surface area contributed by atoms with E-state index in [1.807, 2.05) is 6.92 Å². The Labute approximate surface area is 131 Å². The number of carbonyl (C=O) groups is 1. The van der Waals surface area contributed by atoms with E-state index in [2.05, 4.69) is 33.8 Å². The molecule has 0 aromatic heterocycles. The number of aliphatic imine (C=N–C) groups is 1. The van der Waals surface area contributed by atoms with Gasteiger partial charge in [-0.1, -0.05) is 12.1 Å². The van der Waals surface area contributed by atoms with Crippen LogP contribution in [-0.4, -0.2) is 24.0 Å². The molecule has 22 heavy (non-hydrogen) atoms. The van der Waals surface area contributed by atoms with E-state index in [-0.39, 0.29) is 11.4 Å². The van der Waals surface area contributed by atoms with Crippen molar-refractivity contribution in [3.63, 3.8) is 0 Å². The second kappa shape index (κ2) is 5.99. The lowest BCUT2D eigenvalue weighted by Crippen LogP contribution is -2.42. The molecule has 1 aliphatic heterocycles. The molecule has 1 aromatic rings. The molecule has 1 unspecified atom stereocenters. The number of nitrogens with two attached hydrogens (primary N) is 1. The van der Waals surface area contributed by atoms with Crippen LogP contribution in [0.25, 0.3) is 0 Å². The van der Waals surface area contributed by atoms with Crippen molar-refractivity contribution in [2.75, 3.05) is 11.9 Å². The molecule has 0 spiro atoms. The molecular formula is C17H24N4O. The van der Waals surface area contributed by atoms with E-state index in [0.717, 1.165) is 24.9 Å². The maximum Gasteiger partial charge on any atom is 0.220 e. The first-order valence-corrected chi connectivity index (χ1v) is 8.04. The van der Waals surface area contributed by atoms with Crippen LogP contribution >= 0.6 is 0 Å². The van der Waals surface area contributed by atoms with Gasteiger partial charge < -0.3 is 16.4 Å². The minimum Gasteiger partial charge on any atom is -0.370 e. The molecule has 1 aliphatic carbocycles. The molecule has 5 nitrogen and oxygen atoms in total. The minimum absolute atomic E-state index is 0.0985. The van der Waals surface area contributed by atoms with Crippen LogP contribution in [0.4, 0.5) is 5.69 Å². The molecule has 1 heterocycles. The fraction of sp³-hybridized carbons (Fsp3) is 0.529. The molecule has 1 atom stereocenters. The molecule has 2 aliphatic rings. The molecule has 5 heteroatoms. The number of rotatable bonds is 3. The summed E-state index contributed by atoms with van der Waals surface area (Å²) in [5.74, 6) is 0.516. The third kappa shape index (κ3) is 3.24. The Morgan fingerprint density at radius 1 is 1.36 bits per heavy atom. The zero-order valence-electron chi connectivity index (χ0n) is 13.1. The molecule has 0 saturated carbocycles. The minimum atomic E-state index is -0.264. The van der Waals surface area contributed by atoms with Gasteiger partial charge in [0.05, 0.1) is 12.1 Å². The van der Waals surface area contributed by atoms with E-state index in [0.29, 0.717) is 18.9 Å². The van der Waals surface area contributed by atoms with Gasteiger partial charge in [0, 0.05) is 12.1 Å². The van der Waals surface area contributed by atoms with Crippen molar-refractivity contribution < 1.29 is 4.79 Å². The summed E-state index contributed by atoms with van der Waals surface area (Å²) < 4.78 is 0. The van der Waals surface area contributed by atoms with Crippen LogP contribution in [-0.2, 0) is 17.6 Å². The van der Waals surface area contributed by atoms with Gasteiger partial charge >= 0.3 is 0 Å².